The van der Waals surface area contributed by atoms with Gasteiger partial charge in [0.15, 0.2) is 5.16 Å². The number of thioether (sulfide) groups is 1. The molecule has 1 atom stereocenters. The first-order chi connectivity index (χ1) is 10.1. The van der Waals surface area contributed by atoms with E-state index in [-0.39, 0.29) is 17.0 Å². The van der Waals surface area contributed by atoms with Crippen LogP contribution in [0.15, 0.2) is 41.8 Å². The molecule has 0 aliphatic heterocycles. The predicted molar refractivity (Wildman–Crippen MR) is 81.6 cm³/mol. The first-order valence-corrected chi connectivity index (χ1v) is 7.60. The highest BCUT2D eigenvalue weighted by atomic mass is 32.2. The maximum absolute atomic E-state index is 12.8. The van der Waals surface area contributed by atoms with E-state index >= 15 is 0 Å². The molecule has 0 aliphatic rings. The molecule has 1 heterocycles. The summed E-state index contributed by atoms with van der Waals surface area (Å²) in [6.07, 6.45) is 4.24. The number of nitrogens with one attached hydrogen (secondary N) is 1. The normalized spacial score (nSPS) is 12.1. The molecular formula is C15H18FN3OS. The summed E-state index contributed by atoms with van der Waals surface area (Å²) in [5.74, 6) is -0.270. The van der Waals surface area contributed by atoms with Gasteiger partial charge in [0.25, 0.3) is 0 Å². The Morgan fingerprint density at radius 3 is 2.76 bits per heavy atom. The Bertz CT molecular complexity index is 597. The predicted octanol–water partition coefficient (Wildman–Crippen LogP) is 2.40. The molecule has 2 aromatic rings. The minimum absolute atomic E-state index is 0.0230. The van der Waals surface area contributed by atoms with Crippen molar-refractivity contribution in [3.8, 4) is 0 Å². The molecule has 1 amide bonds. The van der Waals surface area contributed by atoms with Gasteiger partial charge < -0.3 is 9.88 Å². The van der Waals surface area contributed by atoms with Crippen molar-refractivity contribution in [2.75, 3.05) is 6.54 Å². The van der Waals surface area contributed by atoms with Gasteiger partial charge in [-0.15, -0.1) is 0 Å². The van der Waals surface area contributed by atoms with Crippen molar-refractivity contribution in [2.45, 2.75) is 23.8 Å². The van der Waals surface area contributed by atoms with Gasteiger partial charge in [-0.1, -0.05) is 23.9 Å². The van der Waals surface area contributed by atoms with Crippen LogP contribution >= 0.6 is 11.8 Å². The first-order valence-electron chi connectivity index (χ1n) is 6.72. The van der Waals surface area contributed by atoms with Gasteiger partial charge in [-0.25, -0.2) is 9.37 Å². The van der Waals surface area contributed by atoms with Gasteiger partial charge in [0.1, 0.15) is 5.82 Å². The molecule has 0 aliphatic carbocycles. The Labute approximate surface area is 127 Å². The quantitative estimate of drug-likeness (QED) is 0.834. The summed E-state index contributed by atoms with van der Waals surface area (Å²) in [6, 6.07) is 6.31. The van der Waals surface area contributed by atoms with E-state index in [2.05, 4.69) is 10.3 Å². The number of aryl methyl sites for hydroxylation is 1. The molecule has 6 heteroatoms. The highest BCUT2D eigenvalue weighted by Gasteiger charge is 2.15. The van der Waals surface area contributed by atoms with E-state index in [0.717, 1.165) is 10.7 Å². The zero-order valence-corrected chi connectivity index (χ0v) is 12.9. The van der Waals surface area contributed by atoms with Crippen LogP contribution in [0.4, 0.5) is 4.39 Å². The van der Waals surface area contributed by atoms with Crippen molar-refractivity contribution in [1.82, 2.24) is 14.9 Å². The Kier molecular flexibility index (Phi) is 5.38. The fourth-order valence-corrected chi connectivity index (χ4v) is 2.66. The number of rotatable bonds is 6. The van der Waals surface area contributed by atoms with Gasteiger partial charge in [-0.05, 0) is 31.0 Å². The molecule has 0 saturated heterocycles. The zero-order valence-electron chi connectivity index (χ0n) is 12.0. The number of imidazole rings is 1. The SMILES string of the molecule is CC(Sc1nccn1C)C(=O)NCCc1ccc(F)cc1. The molecule has 4 nitrogen and oxygen atoms in total. The van der Waals surface area contributed by atoms with E-state index in [1.807, 2.05) is 24.7 Å². The fourth-order valence-electron chi connectivity index (χ4n) is 1.80. The molecular weight excluding hydrogens is 289 g/mol. The summed E-state index contributed by atoms with van der Waals surface area (Å²) in [6.45, 7) is 2.39. The van der Waals surface area contributed by atoms with Gasteiger partial charge in [0, 0.05) is 26.0 Å². The highest BCUT2D eigenvalue weighted by molar-refractivity contribution is 8.00. The Balaban J connectivity index is 1.76. The minimum atomic E-state index is -0.247. The number of carbonyl (C=O) groups excluding carboxylic acids is 1. The van der Waals surface area contributed by atoms with E-state index < -0.39 is 0 Å². The number of halogens is 1. The van der Waals surface area contributed by atoms with Gasteiger partial charge in [0.2, 0.25) is 5.91 Å². The molecule has 0 saturated carbocycles. The standard InChI is InChI=1S/C15H18FN3OS/c1-11(21-15-18-9-10-19(15)2)14(20)17-8-7-12-3-5-13(16)6-4-12/h3-6,9-11H,7-8H2,1-2H3,(H,17,20). The van der Waals surface area contributed by atoms with Crippen LogP contribution in [0.5, 0.6) is 0 Å². The van der Waals surface area contributed by atoms with Crippen LogP contribution in [-0.4, -0.2) is 27.3 Å². The Hall–Kier alpha value is -1.82. The highest BCUT2D eigenvalue weighted by Crippen LogP contribution is 2.20. The lowest BCUT2D eigenvalue weighted by atomic mass is 10.1. The van der Waals surface area contributed by atoms with Crippen LogP contribution in [0.1, 0.15) is 12.5 Å². The lowest BCUT2D eigenvalue weighted by molar-refractivity contribution is -0.120. The topological polar surface area (TPSA) is 46.9 Å². The number of nitrogens with zero attached hydrogens (tertiary/aromatic N) is 2. The van der Waals surface area contributed by atoms with Crippen LogP contribution in [0.2, 0.25) is 0 Å². The number of carbonyl (C=O) groups is 1. The average Bonchev–Trinajstić information content (AvgIpc) is 2.86. The number of hydrogen-bond acceptors (Lipinski definition) is 3. The van der Waals surface area contributed by atoms with Crippen molar-refractivity contribution < 1.29 is 9.18 Å². The lowest BCUT2D eigenvalue weighted by Gasteiger charge is -2.11. The van der Waals surface area contributed by atoms with E-state index in [1.165, 1.54) is 23.9 Å². The summed E-state index contributed by atoms with van der Waals surface area (Å²) < 4.78 is 14.7. The Morgan fingerprint density at radius 1 is 1.43 bits per heavy atom. The molecule has 0 spiro atoms. The van der Waals surface area contributed by atoms with Crippen LogP contribution in [0.25, 0.3) is 0 Å². The minimum Gasteiger partial charge on any atom is -0.355 e. The zero-order chi connectivity index (χ0) is 15.2. The van der Waals surface area contributed by atoms with Crippen molar-refractivity contribution >= 4 is 17.7 Å². The largest absolute Gasteiger partial charge is 0.355 e. The summed E-state index contributed by atoms with van der Waals surface area (Å²) in [7, 11) is 1.90. The van der Waals surface area contributed by atoms with Crippen LogP contribution in [-0.2, 0) is 18.3 Å². The molecule has 1 unspecified atom stereocenters. The Morgan fingerprint density at radius 2 is 2.14 bits per heavy atom. The first kappa shape index (κ1) is 15.6. The molecule has 1 aromatic heterocycles. The number of hydrogen-bond donors (Lipinski definition) is 1. The molecule has 0 radical (unpaired) electrons. The summed E-state index contributed by atoms with van der Waals surface area (Å²) in [5.41, 5.74) is 1.00. The van der Waals surface area contributed by atoms with E-state index in [4.69, 9.17) is 0 Å². The van der Waals surface area contributed by atoms with Gasteiger partial charge in [-0.3, -0.25) is 4.79 Å². The smallest absolute Gasteiger partial charge is 0.233 e. The second-order valence-corrected chi connectivity index (χ2v) is 6.06. The molecule has 0 bridgehead atoms. The van der Waals surface area contributed by atoms with Crippen molar-refractivity contribution in [1.29, 1.82) is 0 Å². The number of amides is 1. The monoisotopic (exact) mass is 307 g/mol. The fraction of sp³-hybridized carbons (Fsp3) is 0.333. The van der Waals surface area contributed by atoms with E-state index in [0.29, 0.717) is 13.0 Å². The van der Waals surface area contributed by atoms with E-state index in [9.17, 15) is 9.18 Å². The van der Waals surface area contributed by atoms with Gasteiger partial charge in [0.05, 0.1) is 5.25 Å². The van der Waals surface area contributed by atoms with E-state index in [1.54, 1.807) is 18.3 Å². The van der Waals surface area contributed by atoms with Crippen molar-refractivity contribution in [3.05, 3.63) is 48.0 Å². The molecule has 112 valence electrons. The lowest BCUT2D eigenvalue weighted by Crippen LogP contribution is -2.32. The third kappa shape index (κ3) is 4.60. The molecule has 1 aromatic carbocycles. The van der Waals surface area contributed by atoms with Gasteiger partial charge >= 0.3 is 0 Å². The van der Waals surface area contributed by atoms with Crippen molar-refractivity contribution in [3.63, 3.8) is 0 Å². The number of benzene rings is 1. The summed E-state index contributed by atoms with van der Waals surface area (Å²) in [5, 5.41) is 3.49. The number of aromatic nitrogens is 2. The molecule has 0 fully saturated rings. The van der Waals surface area contributed by atoms with Crippen LogP contribution in [0.3, 0.4) is 0 Å². The van der Waals surface area contributed by atoms with Crippen LogP contribution in [0, 0.1) is 5.82 Å². The maximum atomic E-state index is 12.8. The average molecular weight is 307 g/mol. The van der Waals surface area contributed by atoms with Crippen molar-refractivity contribution in [2.24, 2.45) is 7.05 Å². The molecule has 1 N–H and O–H groups in total. The summed E-state index contributed by atoms with van der Waals surface area (Å²) in [4.78, 5) is 16.2. The van der Waals surface area contributed by atoms with Gasteiger partial charge in [-0.2, -0.15) is 0 Å². The van der Waals surface area contributed by atoms with Crippen LogP contribution < -0.4 is 5.32 Å². The maximum Gasteiger partial charge on any atom is 0.233 e. The molecule has 21 heavy (non-hydrogen) atoms. The second-order valence-electron chi connectivity index (χ2n) is 4.75. The third-order valence-corrected chi connectivity index (χ3v) is 4.23. The second kappa shape index (κ2) is 7.26. The molecule has 2 rings (SSSR count). The third-order valence-electron chi connectivity index (χ3n) is 3.05. The summed E-state index contributed by atoms with van der Waals surface area (Å²) >= 11 is 1.42.